The lowest BCUT2D eigenvalue weighted by Crippen LogP contribution is -2.39. The molecule has 0 radical (unpaired) electrons. The zero-order valence-corrected chi connectivity index (χ0v) is 15.3. The minimum atomic E-state index is -0.703. The summed E-state index contributed by atoms with van der Waals surface area (Å²) in [7, 11) is 0. The summed E-state index contributed by atoms with van der Waals surface area (Å²) in [6.07, 6.45) is -3.41. The molecule has 11 nitrogen and oxygen atoms in total. The first-order valence-corrected chi connectivity index (χ1v) is 9.03. The van der Waals surface area contributed by atoms with Crippen LogP contribution in [0.15, 0.2) is 24.3 Å². The van der Waals surface area contributed by atoms with E-state index in [4.69, 9.17) is 33.2 Å². The molecule has 3 saturated heterocycles. The smallest absolute Gasteiger partial charge is 0.490 e. The summed E-state index contributed by atoms with van der Waals surface area (Å²) >= 11 is 0. The topological polar surface area (TPSA) is 119 Å². The number of hydrogen-bond acceptors (Lipinski definition) is 11. The maximum absolute atomic E-state index is 11.2. The third-order valence-electron chi connectivity index (χ3n) is 4.44. The molecule has 3 atom stereocenters. The average Bonchev–Trinajstić information content (AvgIpc) is 3.42. The van der Waals surface area contributed by atoms with Crippen LogP contribution in [0.3, 0.4) is 0 Å². The molecule has 11 heteroatoms. The van der Waals surface area contributed by atoms with Crippen LogP contribution in [0.1, 0.15) is 0 Å². The van der Waals surface area contributed by atoms with E-state index in [-0.39, 0.29) is 26.4 Å². The lowest BCUT2D eigenvalue weighted by atomic mass is 10.2. The predicted octanol–water partition coefficient (Wildman–Crippen LogP) is 1.48. The molecule has 0 N–H and O–H groups in total. The number of ether oxygens (including phenoxy) is 7. The highest BCUT2D eigenvalue weighted by Gasteiger charge is 2.31. The minimum Gasteiger partial charge on any atom is -0.490 e. The van der Waals surface area contributed by atoms with Crippen molar-refractivity contribution < 1.29 is 47.5 Å². The average molecular weight is 409 g/mol. The Bertz CT molecular complexity index is 738. The van der Waals surface area contributed by atoms with Crippen LogP contribution in [0.2, 0.25) is 0 Å². The van der Waals surface area contributed by atoms with E-state index < -0.39 is 36.8 Å². The highest BCUT2D eigenvalue weighted by Crippen LogP contribution is 2.23. The molecule has 156 valence electrons. The fourth-order valence-corrected chi connectivity index (χ4v) is 3.08. The van der Waals surface area contributed by atoms with Crippen LogP contribution >= 0.6 is 0 Å². The summed E-state index contributed by atoms with van der Waals surface area (Å²) in [5.74, 6) is 0.586. The highest BCUT2D eigenvalue weighted by molar-refractivity contribution is 5.63. The normalized spacial score (nSPS) is 25.4. The van der Waals surface area contributed by atoms with E-state index in [0.29, 0.717) is 18.8 Å². The van der Waals surface area contributed by atoms with Gasteiger partial charge in [0, 0.05) is 5.69 Å². The highest BCUT2D eigenvalue weighted by atomic mass is 16.8. The van der Waals surface area contributed by atoms with E-state index in [1.54, 1.807) is 12.1 Å². The second-order valence-corrected chi connectivity index (χ2v) is 6.61. The Morgan fingerprint density at radius 2 is 1.24 bits per heavy atom. The molecule has 0 saturated carbocycles. The van der Waals surface area contributed by atoms with Crippen LogP contribution in [0.4, 0.5) is 20.1 Å². The number of rotatable bonds is 8. The molecule has 3 aliphatic heterocycles. The van der Waals surface area contributed by atoms with Crippen molar-refractivity contribution in [1.82, 2.24) is 0 Å². The minimum absolute atomic E-state index is 0.152. The zero-order chi connectivity index (χ0) is 20.2. The first-order valence-electron chi connectivity index (χ1n) is 9.03. The van der Waals surface area contributed by atoms with E-state index in [9.17, 15) is 14.4 Å². The summed E-state index contributed by atoms with van der Waals surface area (Å²) in [6.45, 7) is 1.36. The number of benzene rings is 1. The molecule has 1 aromatic rings. The van der Waals surface area contributed by atoms with Crippen molar-refractivity contribution in [3.8, 4) is 5.75 Å². The summed E-state index contributed by atoms with van der Waals surface area (Å²) in [5.41, 5.74) is 0.805. The van der Waals surface area contributed by atoms with Gasteiger partial charge in [0.2, 0.25) is 0 Å². The Morgan fingerprint density at radius 3 is 1.69 bits per heavy atom. The van der Waals surface area contributed by atoms with E-state index >= 15 is 0 Å². The second-order valence-electron chi connectivity index (χ2n) is 6.61. The van der Waals surface area contributed by atoms with Gasteiger partial charge in [0.1, 0.15) is 32.2 Å². The lowest BCUT2D eigenvalue weighted by Gasteiger charge is -2.28. The molecule has 0 spiro atoms. The quantitative estimate of drug-likeness (QED) is 0.459. The third kappa shape index (κ3) is 4.92. The van der Waals surface area contributed by atoms with Gasteiger partial charge < -0.3 is 38.1 Å². The maximum atomic E-state index is 11.2. The predicted molar refractivity (Wildman–Crippen MR) is 92.8 cm³/mol. The fraction of sp³-hybridized carbons (Fsp3) is 0.500. The van der Waals surface area contributed by atoms with Gasteiger partial charge in [-0.1, -0.05) is 0 Å². The summed E-state index contributed by atoms with van der Waals surface area (Å²) < 4.78 is 35.1. The molecule has 0 bridgehead atoms. The van der Waals surface area contributed by atoms with Crippen molar-refractivity contribution in [2.75, 3.05) is 44.4 Å². The van der Waals surface area contributed by atoms with Crippen LogP contribution in [-0.4, -0.2) is 76.3 Å². The number of carbonyl (C=O) groups excluding carboxylic acids is 3. The first-order chi connectivity index (χ1) is 14.0. The molecule has 3 heterocycles. The zero-order valence-electron chi connectivity index (χ0n) is 15.3. The molecule has 0 aromatic heterocycles. The van der Waals surface area contributed by atoms with Gasteiger partial charge in [-0.15, -0.1) is 0 Å². The number of nitrogens with zero attached hydrogens (tertiary/aromatic N) is 1. The fourth-order valence-electron chi connectivity index (χ4n) is 3.08. The Morgan fingerprint density at radius 1 is 0.759 bits per heavy atom. The Labute approximate surface area is 165 Å². The van der Waals surface area contributed by atoms with Gasteiger partial charge in [-0.05, 0) is 24.3 Å². The molecule has 3 unspecified atom stereocenters. The van der Waals surface area contributed by atoms with Gasteiger partial charge in [0.25, 0.3) is 0 Å². The molecule has 3 fully saturated rings. The van der Waals surface area contributed by atoms with Gasteiger partial charge in [-0.2, -0.15) is 0 Å². The molecular weight excluding hydrogens is 390 g/mol. The summed E-state index contributed by atoms with van der Waals surface area (Å²) in [4.78, 5) is 35.2. The van der Waals surface area contributed by atoms with Crippen molar-refractivity contribution >= 4 is 24.2 Å². The Kier molecular flexibility index (Phi) is 5.45. The van der Waals surface area contributed by atoms with Crippen LogP contribution in [0.5, 0.6) is 5.75 Å². The molecule has 3 aliphatic rings. The maximum Gasteiger partial charge on any atom is 0.508 e. The number of cyclic esters (lactones) is 6. The van der Waals surface area contributed by atoms with Crippen molar-refractivity contribution in [2.24, 2.45) is 0 Å². The van der Waals surface area contributed by atoms with Crippen LogP contribution in [-0.2, 0) is 28.4 Å². The molecule has 1 aromatic carbocycles. The van der Waals surface area contributed by atoms with Crippen LogP contribution in [0.25, 0.3) is 0 Å². The Balaban J connectivity index is 1.38. The van der Waals surface area contributed by atoms with Crippen molar-refractivity contribution in [2.45, 2.75) is 18.3 Å². The number of hydrogen-bond donors (Lipinski definition) is 0. The number of carbonyl (C=O) groups is 3. The van der Waals surface area contributed by atoms with Gasteiger partial charge in [0.15, 0.2) is 18.3 Å². The van der Waals surface area contributed by atoms with E-state index in [2.05, 4.69) is 0 Å². The van der Waals surface area contributed by atoms with Crippen molar-refractivity contribution in [1.29, 1.82) is 0 Å². The van der Waals surface area contributed by atoms with E-state index in [1.165, 1.54) is 0 Å². The summed E-state index contributed by atoms with van der Waals surface area (Å²) in [6, 6.07) is 7.16. The molecule has 29 heavy (non-hydrogen) atoms. The third-order valence-corrected chi connectivity index (χ3v) is 4.44. The van der Waals surface area contributed by atoms with Crippen LogP contribution < -0.4 is 9.64 Å². The molecular formula is C18H19NO10. The second kappa shape index (κ2) is 8.33. The molecule has 0 amide bonds. The first kappa shape index (κ1) is 19.0. The number of anilines is 1. The van der Waals surface area contributed by atoms with Gasteiger partial charge in [-0.3, -0.25) is 0 Å². The van der Waals surface area contributed by atoms with E-state index in [1.807, 2.05) is 17.0 Å². The van der Waals surface area contributed by atoms with Crippen molar-refractivity contribution in [3.63, 3.8) is 0 Å². The van der Waals surface area contributed by atoms with Crippen molar-refractivity contribution in [3.05, 3.63) is 24.3 Å². The largest absolute Gasteiger partial charge is 0.508 e. The molecule has 4 rings (SSSR count). The lowest BCUT2D eigenvalue weighted by molar-refractivity contribution is 0.0982. The van der Waals surface area contributed by atoms with Gasteiger partial charge >= 0.3 is 18.5 Å². The van der Waals surface area contributed by atoms with Gasteiger partial charge in [0.05, 0.1) is 13.1 Å². The van der Waals surface area contributed by atoms with Gasteiger partial charge in [-0.25, -0.2) is 14.4 Å². The monoisotopic (exact) mass is 409 g/mol. The summed E-state index contributed by atoms with van der Waals surface area (Å²) in [5, 5.41) is 0. The standard InChI is InChI=1S/C18H19NO10/c20-16-24-7-13(27-16)5-19(6-14-8-25-17(21)28-14)11-1-3-12(4-2-11)23-9-15-10-26-18(22)29-15/h1-4,13-15H,5-10H2. The van der Waals surface area contributed by atoms with Crippen LogP contribution in [0, 0.1) is 0 Å². The molecule has 0 aliphatic carbocycles. The Hall–Kier alpha value is -3.37. The SMILES string of the molecule is O=C1OCC(COc2ccc(N(CC3COC(=O)O3)CC3COC(=O)O3)cc2)O1. The van der Waals surface area contributed by atoms with E-state index in [0.717, 1.165) is 5.69 Å².